The van der Waals surface area contributed by atoms with Crippen LogP contribution in [-0.2, 0) is 11.2 Å². The second-order valence-corrected chi connectivity index (χ2v) is 7.49. The van der Waals surface area contributed by atoms with E-state index in [1.54, 1.807) is 0 Å². The number of carbonyl (C=O) groups is 1. The van der Waals surface area contributed by atoms with Crippen molar-refractivity contribution in [3.05, 3.63) is 29.8 Å². The molecule has 3 rings (SSSR count). The monoisotopic (exact) mass is 329 g/mol. The molecule has 1 amide bonds. The molecule has 0 aromatic heterocycles. The SMILES string of the molecule is CC(CC(=O)NCCN1c2ccccc2CC1C)C1CCNCC1. The number of hydrogen-bond donors (Lipinski definition) is 2. The van der Waals surface area contributed by atoms with Crippen molar-refractivity contribution in [1.29, 1.82) is 0 Å². The number of amides is 1. The van der Waals surface area contributed by atoms with Gasteiger partial charge in [-0.2, -0.15) is 0 Å². The van der Waals surface area contributed by atoms with Crippen LogP contribution >= 0.6 is 0 Å². The Morgan fingerprint density at radius 3 is 2.88 bits per heavy atom. The first kappa shape index (κ1) is 17.3. The highest BCUT2D eigenvalue weighted by molar-refractivity contribution is 5.76. The Bertz CT molecular complexity index is 554. The number of nitrogens with one attached hydrogen (secondary N) is 2. The Hall–Kier alpha value is -1.55. The van der Waals surface area contributed by atoms with Gasteiger partial charge in [0.25, 0.3) is 0 Å². The van der Waals surface area contributed by atoms with Crippen LogP contribution in [0, 0.1) is 11.8 Å². The molecule has 4 heteroatoms. The molecule has 1 fully saturated rings. The van der Waals surface area contributed by atoms with E-state index >= 15 is 0 Å². The number of piperidine rings is 1. The fraction of sp³-hybridized carbons (Fsp3) is 0.650. The van der Waals surface area contributed by atoms with Gasteiger partial charge in [0, 0.05) is 31.2 Å². The number of rotatable bonds is 6. The summed E-state index contributed by atoms with van der Waals surface area (Å²) in [4.78, 5) is 14.7. The summed E-state index contributed by atoms with van der Waals surface area (Å²) in [6.07, 6.45) is 4.18. The molecule has 2 aliphatic rings. The summed E-state index contributed by atoms with van der Waals surface area (Å²) in [5.41, 5.74) is 2.76. The highest BCUT2D eigenvalue weighted by Gasteiger charge is 2.25. The number of carbonyl (C=O) groups excluding carboxylic acids is 1. The molecule has 0 saturated carbocycles. The molecule has 24 heavy (non-hydrogen) atoms. The predicted octanol–water partition coefficient (Wildman–Crippen LogP) is 2.58. The second kappa shape index (κ2) is 8.02. The van der Waals surface area contributed by atoms with Crippen LogP contribution in [0.2, 0.25) is 0 Å². The minimum absolute atomic E-state index is 0.209. The number of benzene rings is 1. The first-order valence-corrected chi connectivity index (χ1v) is 9.47. The van der Waals surface area contributed by atoms with Crippen molar-refractivity contribution in [2.75, 3.05) is 31.1 Å². The van der Waals surface area contributed by atoms with Gasteiger partial charge in [-0.1, -0.05) is 25.1 Å². The maximum atomic E-state index is 12.3. The van der Waals surface area contributed by atoms with Gasteiger partial charge in [0.2, 0.25) is 5.91 Å². The van der Waals surface area contributed by atoms with Crippen LogP contribution in [0.25, 0.3) is 0 Å². The molecule has 2 N–H and O–H groups in total. The average molecular weight is 329 g/mol. The quantitative estimate of drug-likeness (QED) is 0.843. The molecule has 0 radical (unpaired) electrons. The Balaban J connectivity index is 1.42. The van der Waals surface area contributed by atoms with Crippen molar-refractivity contribution >= 4 is 11.6 Å². The third-order valence-corrected chi connectivity index (χ3v) is 5.72. The number of hydrogen-bond acceptors (Lipinski definition) is 3. The Kier molecular flexibility index (Phi) is 5.77. The van der Waals surface area contributed by atoms with E-state index in [0.717, 1.165) is 32.6 Å². The summed E-state index contributed by atoms with van der Waals surface area (Å²) in [5.74, 6) is 1.39. The van der Waals surface area contributed by atoms with Gasteiger partial charge < -0.3 is 15.5 Å². The van der Waals surface area contributed by atoms with Crippen LogP contribution in [-0.4, -0.2) is 38.1 Å². The summed E-state index contributed by atoms with van der Waals surface area (Å²) in [6.45, 7) is 8.32. The lowest BCUT2D eigenvalue weighted by atomic mass is 9.84. The average Bonchev–Trinajstić information content (AvgIpc) is 2.91. The van der Waals surface area contributed by atoms with Gasteiger partial charge in [-0.15, -0.1) is 0 Å². The molecular formula is C20H31N3O. The van der Waals surface area contributed by atoms with Crippen molar-refractivity contribution in [1.82, 2.24) is 10.6 Å². The fourth-order valence-electron chi connectivity index (χ4n) is 4.23. The Morgan fingerprint density at radius 2 is 2.08 bits per heavy atom. The summed E-state index contributed by atoms with van der Waals surface area (Å²) in [7, 11) is 0. The highest BCUT2D eigenvalue weighted by Crippen LogP contribution is 2.31. The van der Waals surface area contributed by atoms with Crippen LogP contribution in [0.4, 0.5) is 5.69 Å². The lowest BCUT2D eigenvalue weighted by Crippen LogP contribution is -2.39. The summed E-state index contributed by atoms with van der Waals surface area (Å²) in [6, 6.07) is 9.14. The van der Waals surface area contributed by atoms with E-state index < -0.39 is 0 Å². The minimum Gasteiger partial charge on any atom is -0.367 e. The number of fused-ring (bicyclic) bond motifs is 1. The third-order valence-electron chi connectivity index (χ3n) is 5.72. The second-order valence-electron chi connectivity index (χ2n) is 7.49. The third kappa shape index (κ3) is 4.10. The topological polar surface area (TPSA) is 44.4 Å². The maximum absolute atomic E-state index is 12.3. The first-order chi connectivity index (χ1) is 11.6. The molecule has 4 nitrogen and oxygen atoms in total. The Labute approximate surface area is 146 Å². The van der Waals surface area contributed by atoms with Gasteiger partial charge in [0.05, 0.1) is 0 Å². The first-order valence-electron chi connectivity index (χ1n) is 9.47. The van der Waals surface area contributed by atoms with E-state index in [1.807, 2.05) is 0 Å². The molecule has 2 unspecified atom stereocenters. The smallest absolute Gasteiger partial charge is 0.220 e. The molecule has 0 bridgehead atoms. The largest absolute Gasteiger partial charge is 0.367 e. The molecule has 1 aromatic carbocycles. The summed E-state index contributed by atoms with van der Waals surface area (Å²) in [5, 5.41) is 6.53. The van der Waals surface area contributed by atoms with Crippen molar-refractivity contribution in [2.45, 2.75) is 45.6 Å². The van der Waals surface area contributed by atoms with Crippen LogP contribution in [0.1, 0.15) is 38.7 Å². The molecule has 1 saturated heterocycles. The lowest BCUT2D eigenvalue weighted by molar-refractivity contribution is -0.122. The van der Waals surface area contributed by atoms with E-state index in [-0.39, 0.29) is 5.91 Å². The van der Waals surface area contributed by atoms with E-state index in [2.05, 4.69) is 53.6 Å². The van der Waals surface area contributed by atoms with Gasteiger partial charge in [0.1, 0.15) is 0 Å². The fourth-order valence-corrected chi connectivity index (χ4v) is 4.23. The molecule has 1 aromatic rings. The summed E-state index contributed by atoms with van der Waals surface area (Å²) >= 11 is 0. The van der Waals surface area contributed by atoms with Gasteiger partial charge in [-0.25, -0.2) is 0 Å². The predicted molar refractivity (Wildman–Crippen MR) is 99.3 cm³/mol. The Morgan fingerprint density at radius 1 is 1.33 bits per heavy atom. The van der Waals surface area contributed by atoms with Gasteiger partial charge in [0.15, 0.2) is 0 Å². The normalized spacial score (nSPS) is 22.2. The molecule has 2 atom stereocenters. The van der Waals surface area contributed by atoms with Crippen LogP contribution < -0.4 is 15.5 Å². The van der Waals surface area contributed by atoms with Crippen molar-refractivity contribution in [2.24, 2.45) is 11.8 Å². The van der Waals surface area contributed by atoms with Crippen LogP contribution in [0.5, 0.6) is 0 Å². The number of nitrogens with zero attached hydrogens (tertiary/aromatic N) is 1. The van der Waals surface area contributed by atoms with E-state index in [1.165, 1.54) is 24.1 Å². The standard InChI is InChI=1S/C20H31N3O/c1-15(17-7-9-21-10-8-17)13-20(24)22-11-12-23-16(2)14-18-5-3-4-6-19(18)23/h3-6,15-17,21H,7-14H2,1-2H3,(H,22,24). The summed E-state index contributed by atoms with van der Waals surface area (Å²) < 4.78 is 0. The number of anilines is 1. The van der Waals surface area contributed by atoms with Gasteiger partial charge in [-0.3, -0.25) is 4.79 Å². The van der Waals surface area contributed by atoms with Gasteiger partial charge >= 0.3 is 0 Å². The molecule has 0 spiro atoms. The molecular weight excluding hydrogens is 298 g/mol. The molecule has 132 valence electrons. The van der Waals surface area contributed by atoms with Crippen molar-refractivity contribution in [3.63, 3.8) is 0 Å². The minimum atomic E-state index is 0.209. The van der Waals surface area contributed by atoms with Gasteiger partial charge in [-0.05, 0) is 62.7 Å². The van der Waals surface area contributed by atoms with E-state index in [0.29, 0.717) is 24.3 Å². The van der Waals surface area contributed by atoms with Crippen molar-refractivity contribution in [3.8, 4) is 0 Å². The molecule has 0 aliphatic carbocycles. The zero-order valence-corrected chi connectivity index (χ0v) is 15.1. The zero-order valence-electron chi connectivity index (χ0n) is 15.1. The maximum Gasteiger partial charge on any atom is 0.220 e. The van der Waals surface area contributed by atoms with E-state index in [9.17, 15) is 4.79 Å². The number of para-hydroxylation sites is 1. The van der Waals surface area contributed by atoms with Crippen LogP contribution in [0.15, 0.2) is 24.3 Å². The molecule has 2 heterocycles. The van der Waals surface area contributed by atoms with Crippen LogP contribution in [0.3, 0.4) is 0 Å². The molecule has 2 aliphatic heterocycles. The van der Waals surface area contributed by atoms with Crippen molar-refractivity contribution < 1.29 is 4.79 Å². The lowest BCUT2D eigenvalue weighted by Gasteiger charge is -2.28. The zero-order chi connectivity index (χ0) is 16.9. The highest BCUT2D eigenvalue weighted by atomic mass is 16.1. The van der Waals surface area contributed by atoms with E-state index in [4.69, 9.17) is 0 Å².